The van der Waals surface area contributed by atoms with Gasteiger partial charge in [-0.2, -0.15) is 0 Å². The second-order valence-electron chi connectivity index (χ2n) is 22.1. The first-order chi connectivity index (χ1) is 34.7. The zero-order valence-electron chi connectivity index (χ0n) is 45.7. The third kappa shape index (κ3) is 27.0. The number of aliphatic hydroxyl groups excluding tert-OH is 1. The third-order valence-electron chi connectivity index (χ3n) is 10.4. The molecule has 418 valence electrons. The summed E-state index contributed by atoms with van der Waals surface area (Å²) in [4.78, 5) is 119. The summed E-state index contributed by atoms with van der Waals surface area (Å²) in [6.07, 6.45) is -3.88. The molecule has 6 atom stereocenters. The molecule has 0 bridgehead atoms. The maximum absolute atomic E-state index is 14.2. The molecule has 2 rings (SSSR count). The number of nitrogens with one attached hydrogen (secondary N) is 6. The minimum absolute atomic E-state index is 0.0267. The first-order valence-corrected chi connectivity index (χ1v) is 28.7. The molecule has 0 spiro atoms. The molecule has 0 radical (unpaired) electrons. The van der Waals surface area contributed by atoms with Gasteiger partial charge in [0.25, 0.3) is 0 Å². The number of rotatable bonds is 28. The fourth-order valence-electron chi connectivity index (χ4n) is 6.67. The van der Waals surface area contributed by atoms with Crippen molar-refractivity contribution in [1.29, 1.82) is 0 Å². The molecule has 23 heteroatoms. The molecule has 0 aromatic heterocycles. The van der Waals surface area contributed by atoms with Gasteiger partial charge in [0, 0.05) is 14.5 Å². The van der Waals surface area contributed by atoms with E-state index in [1.165, 1.54) is 18.2 Å². The van der Waals surface area contributed by atoms with Gasteiger partial charge in [-0.15, -0.1) is 0 Å². The van der Waals surface area contributed by atoms with E-state index in [0.717, 1.165) is 5.56 Å². The van der Waals surface area contributed by atoms with Gasteiger partial charge in [0.05, 0.1) is 18.8 Å². The molecule has 2 unspecified atom stereocenters. The minimum atomic E-state index is -2.29. The van der Waals surface area contributed by atoms with Crippen molar-refractivity contribution in [1.82, 2.24) is 31.9 Å². The number of ether oxygens (including phenoxy) is 5. The lowest BCUT2D eigenvalue weighted by atomic mass is 9.99. The van der Waals surface area contributed by atoms with Crippen molar-refractivity contribution < 1.29 is 71.9 Å². The van der Waals surface area contributed by atoms with Gasteiger partial charge in [-0.05, 0) is 95.5 Å². The number of esters is 2. The molecule has 0 saturated carbocycles. The van der Waals surface area contributed by atoms with E-state index in [0.29, 0.717) is 11.6 Å². The number of primary amides is 1. The normalized spacial score (nSPS) is 14.1. The molecule has 9 N–H and O–H groups in total. The summed E-state index contributed by atoms with van der Waals surface area (Å²) in [5, 5.41) is 25.4. The summed E-state index contributed by atoms with van der Waals surface area (Å²) in [6, 6.07) is 8.37. The molecule has 75 heavy (non-hydrogen) atoms. The van der Waals surface area contributed by atoms with E-state index < -0.39 is 122 Å². The summed E-state index contributed by atoms with van der Waals surface area (Å²) in [5.41, 5.74) is 4.66. The molecule has 0 aliphatic heterocycles. The van der Waals surface area contributed by atoms with Gasteiger partial charge in [-0.25, -0.2) is 19.2 Å². The van der Waals surface area contributed by atoms with Crippen molar-refractivity contribution in [2.24, 2.45) is 17.6 Å². The summed E-state index contributed by atoms with van der Waals surface area (Å²) in [5.74, 6) is -7.09. The lowest BCUT2D eigenvalue weighted by Gasteiger charge is -2.27. The molecular formula is C52H81N7O15Si. The molecule has 22 nitrogen and oxygen atoms in total. The number of carbonyl (C=O) groups excluding carboxylic acids is 9. The Morgan fingerprint density at radius 1 is 0.640 bits per heavy atom. The molecule has 0 fully saturated rings. The van der Waals surface area contributed by atoms with Crippen LogP contribution in [0.25, 0.3) is 0 Å². The Kier molecular flexibility index (Phi) is 25.9. The Labute approximate surface area is 441 Å². The van der Waals surface area contributed by atoms with E-state index in [4.69, 9.17) is 29.4 Å². The standard InChI is InChI=1S/C52H81N7O15Si/c1-31(2)24-36(55-45(64)37(25-32(3)4)58-50(69)71-29-33-18-15-14-16-19-33)44(63)56-38(47(66)70-22-23-75(11,12)13)27-34-20-17-21-35(26-34)73-48(67)39(30-72-51(5,6)7)57-46(65)41(42(61)43(53)62)59-40(60)28-54-49(68)74-52(8,9)10/h14-21,26,31-32,36-39,41-42,61H,22-25,27-30H2,1-13H3,(H2,53,62)(H,54,68)(H,55,64)(H,56,63)(H,57,65)(H,58,69)(H,59,60)/t36-,37+,38?,39?,41-,42-/m0/s1. The van der Waals surface area contributed by atoms with Crippen molar-refractivity contribution in [2.45, 2.75) is 168 Å². The van der Waals surface area contributed by atoms with Crippen LogP contribution in [0.2, 0.25) is 25.7 Å². The molecular weight excluding hydrogens is 991 g/mol. The smallest absolute Gasteiger partial charge is 0.408 e. The molecule has 0 aliphatic rings. The zero-order valence-corrected chi connectivity index (χ0v) is 46.7. The van der Waals surface area contributed by atoms with Crippen LogP contribution in [0.3, 0.4) is 0 Å². The van der Waals surface area contributed by atoms with E-state index >= 15 is 0 Å². The Hall–Kier alpha value is -6.59. The second-order valence-corrected chi connectivity index (χ2v) is 27.7. The number of aliphatic hydroxyl groups is 1. The Bertz CT molecular complexity index is 2240. The number of amides is 7. The van der Waals surface area contributed by atoms with E-state index in [2.05, 4.69) is 51.5 Å². The molecule has 2 aromatic carbocycles. The molecule has 0 heterocycles. The fraction of sp³-hybridized carbons (Fsp3) is 0.596. The topological polar surface area (TPSA) is 318 Å². The first-order valence-electron chi connectivity index (χ1n) is 24.9. The Morgan fingerprint density at radius 2 is 1.20 bits per heavy atom. The van der Waals surface area contributed by atoms with Crippen LogP contribution < -0.4 is 42.4 Å². The minimum Gasteiger partial charge on any atom is -0.464 e. The maximum atomic E-state index is 14.2. The van der Waals surface area contributed by atoms with Gasteiger partial charge in [-0.1, -0.05) is 89.8 Å². The molecule has 2 aromatic rings. The second kappa shape index (κ2) is 30.1. The van der Waals surface area contributed by atoms with Gasteiger partial charge in [0.2, 0.25) is 29.5 Å². The van der Waals surface area contributed by atoms with Gasteiger partial charge < -0.3 is 66.4 Å². The summed E-state index contributed by atoms with van der Waals surface area (Å²) in [6.45, 7) is 22.4. The lowest BCUT2D eigenvalue weighted by Crippen LogP contribution is -2.61. The van der Waals surface area contributed by atoms with Crippen molar-refractivity contribution in [3.05, 3.63) is 65.7 Å². The van der Waals surface area contributed by atoms with Gasteiger partial charge in [0.1, 0.15) is 48.7 Å². The monoisotopic (exact) mass is 1070 g/mol. The van der Waals surface area contributed by atoms with Crippen molar-refractivity contribution in [3.8, 4) is 5.75 Å². The predicted octanol–water partition coefficient (Wildman–Crippen LogP) is 3.53. The van der Waals surface area contributed by atoms with Crippen LogP contribution in [-0.4, -0.2) is 134 Å². The number of hydrogen-bond donors (Lipinski definition) is 8. The van der Waals surface area contributed by atoms with Gasteiger partial charge in [0.15, 0.2) is 12.1 Å². The van der Waals surface area contributed by atoms with E-state index in [1.54, 1.807) is 71.9 Å². The number of hydrogen-bond acceptors (Lipinski definition) is 15. The Balaban J connectivity index is 2.41. The highest BCUT2D eigenvalue weighted by Crippen LogP contribution is 2.19. The summed E-state index contributed by atoms with van der Waals surface area (Å²) in [7, 11) is -1.68. The van der Waals surface area contributed by atoms with Crippen LogP contribution in [0.5, 0.6) is 5.75 Å². The fourth-order valence-corrected chi connectivity index (χ4v) is 7.39. The SMILES string of the molecule is CC(C)C[C@H](NC(=O)[C@@H](CC(C)C)NC(=O)OCc1ccccc1)C(=O)NC(Cc1cccc(OC(=O)C(COC(C)(C)C)NC(=O)[C@@H](NC(=O)CNC(=O)OC(C)(C)C)[C@H](O)C(N)=O)c1)C(=O)OCC[Si](C)(C)C. The van der Waals surface area contributed by atoms with Crippen LogP contribution in [0.1, 0.15) is 93.2 Å². The lowest BCUT2D eigenvalue weighted by molar-refractivity contribution is -0.147. The van der Waals surface area contributed by atoms with Gasteiger partial charge in [-0.3, -0.25) is 24.0 Å². The Morgan fingerprint density at radius 3 is 1.75 bits per heavy atom. The van der Waals surface area contributed by atoms with Crippen LogP contribution in [0.4, 0.5) is 9.59 Å². The third-order valence-corrected chi connectivity index (χ3v) is 12.1. The highest BCUT2D eigenvalue weighted by Gasteiger charge is 2.37. The van der Waals surface area contributed by atoms with Crippen molar-refractivity contribution in [2.75, 3.05) is 19.8 Å². The average Bonchev–Trinajstić information content (AvgIpc) is 3.28. The number of carbonyl (C=O) groups is 9. The van der Waals surface area contributed by atoms with E-state index in [-0.39, 0.29) is 50.1 Å². The average molecular weight is 1070 g/mol. The quantitative estimate of drug-likeness (QED) is 0.0262. The van der Waals surface area contributed by atoms with Crippen LogP contribution in [0.15, 0.2) is 54.6 Å². The maximum Gasteiger partial charge on any atom is 0.408 e. The summed E-state index contributed by atoms with van der Waals surface area (Å²) < 4.78 is 27.7. The zero-order chi connectivity index (χ0) is 56.8. The highest BCUT2D eigenvalue weighted by molar-refractivity contribution is 6.76. The number of nitrogens with two attached hydrogens (primary N) is 1. The van der Waals surface area contributed by atoms with Crippen LogP contribution in [0, 0.1) is 11.8 Å². The predicted molar refractivity (Wildman–Crippen MR) is 280 cm³/mol. The highest BCUT2D eigenvalue weighted by atomic mass is 28.3. The van der Waals surface area contributed by atoms with Crippen LogP contribution in [-0.2, 0) is 65.5 Å². The molecule has 0 saturated heterocycles. The number of alkyl carbamates (subject to hydrolysis) is 2. The number of benzene rings is 2. The first kappa shape index (κ1) is 64.5. The van der Waals surface area contributed by atoms with E-state index in [9.17, 15) is 48.3 Å². The van der Waals surface area contributed by atoms with E-state index in [1.807, 2.05) is 33.8 Å². The molecule has 0 aliphatic carbocycles. The van der Waals surface area contributed by atoms with Crippen LogP contribution >= 0.6 is 0 Å². The molecule has 7 amide bonds. The summed E-state index contributed by atoms with van der Waals surface area (Å²) >= 11 is 0. The van der Waals surface area contributed by atoms with Crippen molar-refractivity contribution >= 4 is 61.7 Å². The van der Waals surface area contributed by atoms with Crippen molar-refractivity contribution in [3.63, 3.8) is 0 Å². The largest absolute Gasteiger partial charge is 0.464 e. The van der Waals surface area contributed by atoms with Gasteiger partial charge >= 0.3 is 24.1 Å².